The lowest BCUT2D eigenvalue weighted by atomic mass is 9.97. The molecule has 1 heterocycles. The molecule has 1 aliphatic heterocycles. The van der Waals surface area contributed by atoms with Crippen LogP contribution in [-0.4, -0.2) is 30.4 Å². The van der Waals surface area contributed by atoms with Crippen molar-refractivity contribution in [1.29, 1.82) is 0 Å². The standard InChI is InChI=1S/C15H19F3N2O.ClH/c16-15(17,18)13-5-3-11(4-6-13)8-14(21)20-7-1-2-12(9-19)10-20;/h3-6,12H,1-2,7-10,19H2;1H. The topological polar surface area (TPSA) is 46.3 Å². The summed E-state index contributed by atoms with van der Waals surface area (Å²) < 4.78 is 37.4. The molecule has 0 spiro atoms. The highest BCUT2D eigenvalue weighted by atomic mass is 35.5. The second-order valence-corrected chi connectivity index (χ2v) is 5.46. The Balaban J connectivity index is 0.00000242. The quantitative estimate of drug-likeness (QED) is 0.922. The lowest BCUT2D eigenvalue weighted by molar-refractivity contribution is -0.137. The highest BCUT2D eigenvalue weighted by Gasteiger charge is 2.30. The van der Waals surface area contributed by atoms with E-state index in [0.29, 0.717) is 31.1 Å². The second-order valence-electron chi connectivity index (χ2n) is 5.46. The van der Waals surface area contributed by atoms with Crippen LogP contribution >= 0.6 is 12.4 Å². The Bertz CT molecular complexity index is 491. The Morgan fingerprint density at radius 1 is 1.27 bits per heavy atom. The van der Waals surface area contributed by atoms with Gasteiger partial charge in [-0.25, -0.2) is 0 Å². The highest BCUT2D eigenvalue weighted by Crippen LogP contribution is 2.29. The van der Waals surface area contributed by atoms with Crippen molar-refractivity contribution >= 4 is 18.3 Å². The van der Waals surface area contributed by atoms with E-state index in [-0.39, 0.29) is 24.7 Å². The van der Waals surface area contributed by atoms with Crippen LogP contribution in [-0.2, 0) is 17.4 Å². The van der Waals surface area contributed by atoms with Crippen molar-refractivity contribution in [2.45, 2.75) is 25.4 Å². The number of carbonyl (C=O) groups is 1. The molecule has 7 heteroatoms. The summed E-state index contributed by atoms with van der Waals surface area (Å²) in [5.41, 5.74) is 5.54. The minimum absolute atomic E-state index is 0. The molecule has 1 fully saturated rings. The van der Waals surface area contributed by atoms with E-state index < -0.39 is 11.7 Å². The van der Waals surface area contributed by atoms with Gasteiger partial charge in [-0.1, -0.05) is 12.1 Å². The van der Waals surface area contributed by atoms with Crippen molar-refractivity contribution in [3.05, 3.63) is 35.4 Å². The Morgan fingerprint density at radius 3 is 2.45 bits per heavy atom. The molecule has 1 saturated heterocycles. The van der Waals surface area contributed by atoms with E-state index >= 15 is 0 Å². The fourth-order valence-electron chi connectivity index (χ4n) is 2.58. The van der Waals surface area contributed by atoms with Crippen LogP contribution in [0.15, 0.2) is 24.3 Å². The third-order valence-electron chi connectivity index (χ3n) is 3.84. The molecule has 124 valence electrons. The van der Waals surface area contributed by atoms with Gasteiger partial charge in [0.15, 0.2) is 0 Å². The first-order valence-electron chi connectivity index (χ1n) is 7.04. The number of alkyl halides is 3. The van der Waals surface area contributed by atoms with Crippen LogP contribution in [0.25, 0.3) is 0 Å². The van der Waals surface area contributed by atoms with Crippen molar-refractivity contribution in [1.82, 2.24) is 4.90 Å². The number of benzene rings is 1. The molecule has 3 nitrogen and oxygen atoms in total. The molecule has 0 aromatic heterocycles. The molecule has 1 aromatic carbocycles. The summed E-state index contributed by atoms with van der Waals surface area (Å²) in [6, 6.07) is 4.76. The Kier molecular flexibility index (Phi) is 6.68. The first-order valence-corrected chi connectivity index (χ1v) is 7.04. The molecule has 0 saturated carbocycles. The summed E-state index contributed by atoms with van der Waals surface area (Å²) in [7, 11) is 0. The van der Waals surface area contributed by atoms with Gasteiger partial charge in [0, 0.05) is 13.1 Å². The minimum Gasteiger partial charge on any atom is -0.342 e. The van der Waals surface area contributed by atoms with Crippen molar-refractivity contribution in [2.75, 3.05) is 19.6 Å². The molecule has 1 aromatic rings. The number of piperidine rings is 1. The van der Waals surface area contributed by atoms with E-state index in [0.717, 1.165) is 25.0 Å². The SMILES string of the molecule is Cl.NCC1CCCN(C(=O)Cc2ccc(C(F)(F)F)cc2)C1. The molecule has 2 N–H and O–H groups in total. The van der Waals surface area contributed by atoms with Gasteiger partial charge in [0.1, 0.15) is 0 Å². The molecule has 1 atom stereocenters. The summed E-state index contributed by atoms with van der Waals surface area (Å²) in [4.78, 5) is 13.9. The maximum Gasteiger partial charge on any atom is 0.416 e. The molecule has 0 radical (unpaired) electrons. The summed E-state index contributed by atoms with van der Waals surface area (Å²) in [6.45, 7) is 1.91. The molecule has 1 amide bonds. The van der Waals surface area contributed by atoms with Gasteiger partial charge >= 0.3 is 6.18 Å². The van der Waals surface area contributed by atoms with Gasteiger partial charge in [0.2, 0.25) is 5.91 Å². The fraction of sp³-hybridized carbons (Fsp3) is 0.533. The minimum atomic E-state index is -4.34. The van der Waals surface area contributed by atoms with Crippen LogP contribution in [0.1, 0.15) is 24.0 Å². The third kappa shape index (κ3) is 4.88. The largest absolute Gasteiger partial charge is 0.416 e. The van der Waals surface area contributed by atoms with Gasteiger partial charge in [0.25, 0.3) is 0 Å². The average molecular weight is 337 g/mol. The van der Waals surface area contributed by atoms with Gasteiger partial charge in [-0.05, 0) is 43.0 Å². The van der Waals surface area contributed by atoms with E-state index in [4.69, 9.17) is 5.73 Å². The predicted molar refractivity (Wildman–Crippen MR) is 80.8 cm³/mol. The lowest BCUT2D eigenvalue weighted by Gasteiger charge is -2.32. The smallest absolute Gasteiger partial charge is 0.342 e. The maximum absolute atomic E-state index is 12.5. The zero-order valence-corrected chi connectivity index (χ0v) is 12.9. The fourth-order valence-corrected chi connectivity index (χ4v) is 2.58. The van der Waals surface area contributed by atoms with Gasteiger partial charge in [-0.2, -0.15) is 13.2 Å². The van der Waals surface area contributed by atoms with E-state index in [1.54, 1.807) is 4.90 Å². The molecule has 1 unspecified atom stereocenters. The number of amides is 1. The van der Waals surface area contributed by atoms with Gasteiger partial charge < -0.3 is 10.6 Å². The molecular formula is C15H20ClF3N2O. The zero-order valence-electron chi connectivity index (χ0n) is 12.1. The summed E-state index contributed by atoms with van der Waals surface area (Å²) in [5, 5.41) is 0. The first kappa shape index (κ1) is 18.8. The van der Waals surface area contributed by atoms with E-state index in [1.807, 2.05) is 0 Å². The van der Waals surface area contributed by atoms with Crippen molar-refractivity contribution < 1.29 is 18.0 Å². The molecule has 0 bridgehead atoms. The predicted octanol–water partition coefficient (Wildman–Crippen LogP) is 2.87. The molecule has 2 rings (SSSR count). The molecule has 22 heavy (non-hydrogen) atoms. The average Bonchev–Trinajstić information content (AvgIpc) is 2.47. The Hall–Kier alpha value is -1.27. The number of halogens is 4. The Labute approximate surface area is 134 Å². The maximum atomic E-state index is 12.5. The summed E-state index contributed by atoms with van der Waals surface area (Å²) in [5.74, 6) is 0.281. The number of hydrogen-bond donors (Lipinski definition) is 1. The number of likely N-dealkylation sites (tertiary alicyclic amines) is 1. The number of hydrogen-bond acceptors (Lipinski definition) is 2. The van der Waals surface area contributed by atoms with Crippen LogP contribution in [0.3, 0.4) is 0 Å². The van der Waals surface area contributed by atoms with Crippen LogP contribution in [0.5, 0.6) is 0 Å². The summed E-state index contributed by atoms with van der Waals surface area (Å²) >= 11 is 0. The van der Waals surface area contributed by atoms with Gasteiger partial charge in [0.05, 0.1) is 12.0 Å². The normalized spacial score (nSPS) is 18.7. The number of carbonyl (C=O) groups excluding carboxylic acids is 1. The first-order chi connectivity index (χ1) is 9.90. The van der Waals surface area contributed by atoms with Crippen LogP contribution in [0, 0.1) is 5.92 Å². The number of nitrogens with zero attached hydrogens (tertiary/aromatic N) is 1. The van der Waals surface area contributed by atoms with E-state index in [1.165, 1.54) is 12.1 Å². The third-order valence-corrected chi connectivity index (χ3v) is 3.84. The molecule has 0 aliphatic carbocycles. The monoisotopic (exact) mass is 336 g/mol. The van der Waals surface area contributed by atoms with Crippen LogP contribution in [0.4, 0.5) is 13.2 Å². The highest BCUT2D eigenvalue weighted by molar-refractivity contribution is 5.85. The van der Waals surface area contributed by atoms with Crippen molar-refractivity contribution in [3.8, 4) is 0 Å². The van der Waals surface area contributed by atoms with Crippen LogP contribution < -0.4 is 5.73 Å². The van der Waals surface area contributed by atoms with Crippen molar-refractivity contribution in [3.63, 3.8) is 0 Å². The van der Waals surface area contributed by atoms with E-state index in [2.05, 4.69) is 0 Å². The zero-order chi connectivity index (χ0) is 15.5. The second kappa shape index (κ2) is 7.83. The Morgan fingerprint density at radius 2 is 1.91 bits per heavy atom. The van der Waals surface area contributed by atoms with Gasteiger partial charge in [-0.15, -0.1) is 12.4 Å². The number of rotatable bonds is 3. The van der Waals surface area contributed by atoms with E-state index in [9.17, 15) is 18.0 Å². The lowest BCUT2D eigenvalue weighted by Crippen LogP contribution is -2.42. The number of nitrogens with two attached hydrogens (primary N) is 1. The summed E-state index contributed by atoms with van der Waals surface area (Å²) in [6.07, 6.45) is -2.25. The van der Waals surface area contributed by atoms with Crippen LogP contribution in [0.2, 0.25) is 0 Å². The van der Waals surface area contributed by atoms with Crippen molar-refractivity contribution in [2.24, 2.45) is 11.7 Å². The molecular weight excluding hydrogens is 317 g/mol. The molecule has 1 aliphatic rings. The van der Waals surface area contributed by atoms with Gasteiger partial charge in [-0.3, -0.25) is 4.79 Å².